The monoisotopic (exact) mass is 577 g/mol. The molecule has 2 aromatic rings. The van der Waals surface area contributed by atoms with Crippen LogP contribution in [-0.2, 0) is 17.6 Å². The summed E-state index contributed by atoms with van der Waals surface area (Å²) in [5, 5.41) is 13.7. The molecule has 0 heterocycles. The number of phenols is 1. The highest BCUT2D eigenvalue weighted by molar-refractivity contribution is 6.37. The quantitative estimate of drug-likeness (QED) is 0.121. The average molecular weight is 579 g/mol. The van der Waals surface area contributed by atoms with Gasteiger partial charge in [-0.2, -0.15) is 0 Å². The number of aryl methyl sites for hydroxylation is 1. The second-order valence-corrected chi connectivity index (χ2v) is 11.3. The zero-order chi connectivity index (χ0) is 28.5. The fourth-order valence-corrected chi connectivity index (χ4v) is 5.61. The van der Waals surface area contributed by atoms with Crippen molar-refractivity contribution < 1.29 is 14.6 Å². The van der Waals surface area contributed by atoms with E-state index in [9.17, 15) is 9.90 Å². The molecule has 0 aliphatic rings. The van der Waals surface area contributed by atoms with Gasteiger partial charge in [0, 0.05) is 5.02 Å². The number of aromatic hydroxyl groups is 1. The Labute approximate surface area is 246 Å². The molecule has 1 atom stereocenters. The van der Waals surface area contributed by atoms with Crippen molar-refractivity contribution in [3.8, 4) is 11.5 Å². The topological polar surface area (TPSA) is 58.6 Å². The predicted molar refractivity (Wildman–Crippen MR) is 167 cm³/mol. The number of ether oxygens (including phenoxy) is 1. The molecule has 0 bridgehead atoms. The van der Waals surface area contributed by atoms with Gasteiger partial charge >= 0.3 is 0 Å². The van der Waals surface area contributed by atoms with Crippen molar-refractivity contribution in [1.82, 2.24) is 0 Å². The lowest BCUT2D eigenvalue weighted by Gasteiger charge is -2.19. The molecule has 218 valence electrons. The van der Waals surface area contributed by atoms with Crippen molar-refractivity contribution in [1.29, 1.82) is 0 Å². The van der Waals surface area contributed by atoms with E-state index in [-0.39, 0.29) is 22.4 Å². The third-order valence-corrected chi connectivity index (χ3v) is 8.05. The zero-order valence-corrected chi connectivity index (χ0v) is 25.8. The number of unbranched alkanes of at least 4 members (excludes halogenated alkanes) is 12. The molecule has 0 saturated carbocycles. The average Bonchev–Trinajstić information content (AvgIpc) is 2.93. The van der Waals surface area contributed by atoms with E-state index in [4.69, 9.17) is 27.9 Å². The van der Waals surface area contributed by atoms with E-state index in [1.165, 1.54) is 88.7 Å². The molecule has 2 aromatic carbocycles. The molecule has 0 aromatic heterocycles. The summed E-state index contributed by atoms with van der Waals surface area (Å²) in [6.45, 7) is 6.06. The zero-order valence-electron chi connectivity index (χ0n) is 24.3. The van der Waals surface area contributed by atoms with Gasteiger partial charge in [0.15, 0.2) is 11.9 Å². The molecule has 0 fully saturated rings. The fourth-order valence-electron chi connectivity index (χ4n) is 4.89. The number of halogens is 2. The number of hydrogen-bond donors (Lipinski definition) is 2. The predicted octanol–water partition coefficient (Wildman–Crippen LogP) is 10.7. The minimum absolute atomic E-state index is 0.162. The van der Waals surface area contributed by atoms with Crippen molar-refractivity contribution in [3.05, 3.63) is 51.5 Å². The molecular weight excluding hydrogens is 529 g/mol. The number of hydrogen-bond acceptors (Lipinski definition) is 3. The van der Waals surface area contributed by atoms with Gasteiger partial charge in [-0.25, -0.2) is 0 Å². The minimum Gasteiger partial charge on any atom is -0.504 e. The Bertz CT molecular complexity index is 995. The molecule has 2 rings (SSSR count). The molecule has 0 aliphatic carbocycles. The first kappa shape index (κ1) is 33.3. The van der Waals surface area contributed by atoms with Gasteiger partial charge in [-0.3, -0.25) is 4.79 Å². The first-order valence-electron chi connectivity index (χ1n) is 15.2. The Morgan fingerprint density at radius 3 is 2.03 bits per heavy atom. The molecular formula is C33H49Cl2NO3. The largest absolute Gasteiger partial charge is 0.504 e. The number of rotatable bonds is 20. The Balaban J connectivity index is 1.72. The van der Waals surface area contributed by atoms with Crippen LogP contribution in [0.4, 0.5) is 5.69 Å². The van der Waals surface area contributed by atoms with Crippen LogP contribution >= 0.6 is 23.2 Å². The number of anilines is 1. The number of nitrogens with one attached hydrogen (secondary N) is 1. The van der Waals surface area contributed by atoms with Gasteiger partial charge in [0.1, 0.15) is 5.75 Å². The fraction of sp³-hybridized carbons (Fsp3) is 0.606. The minimum atomic E-state index is -0.709. The van der Waals surface area contributed by atoms with Crippen LogP contribution in [0.2, 0.25) is 10.0 Å². The van der Waals surface area contributed by atoms with E-state index in [1.54, 1.807) is 0 Å². The third kappa shape index (κ3) is 12.0. The summed E-state index contributed by atoms with van der Waals surface area (Å²) in [6, 6.07) is 9.53. The maximum atomic E-state index is 12.9. The van der Waals surface area contributed by atoms with Gasteiger partial charge in [-0.1, -0.05) is 133 Å². The molecule has 4 nitrogen and oxygen atoms in total. The number of carbonyl (C=O) groups excluding carboxylic acids is 1. The van der Waals surface area contributed by atoms with Crippen LogP contribution in [0.15, 0.2) is 30.3 Å². The lowest BCUT2D eigenvalue weighted by atomic mass is 10.0. The summed E-state index contributed by atoms with van der Waals surface area (Å²) in [4.78, 5) is 12.9. The van der Waals surface area contributed by atoms with E-state index in [2.05, 4.69) is 18.3 Å². The van der Waals surface area contributed by atoms with Crippen LogP contribution in [0.5, 0.6) is 11.5 Å². The molecule has 1 amide bonds. The molecule has 0 aliphatic heterocycles. The highest BCUT2D eigenvalue weighted by atomic mass is 35.5. The second kappa shape index (κ2) is 19.2. The van der Waals surface area contributed by atoms with Crippen molar-refractivity contribution in [2.24, 2.45) is 0 Å². The van der Waals surface area contributed by atoms with Gasteiger partial charge < -0.3 is 15.2 Å². The maximum Gasteiger partial charge on any atom is 0.265 e. The van der Waals surface area contributed by atoms with Crippen LogP contribution in [0, 0.1) is 0 Å². The lowest BCUT2D eigenvalue weighted by molar-refractivity contribution is -0.122. The summed E-state index contributed by atoms with van der Waals surface area (Å²) >= 11 is 12.5. The smallest absolute Gasteiger partial charge is 0.265 e. The van der Waals surface area contributed by atoms with Crippen molar-refractivity contribution in [2.45, 2.75) is 130 Å². The second-order valence-electron chi connectivity index (χ2n) is 10.5. The standard InChI is InChI=1S/C33H49Cl2NO3/c1-4-7-8-9-10-11-12-13-14-15-16-17-18-20-25-21-19-22-26(23-25)39-30(6-3)33(38)36-29-24-28(34)27(5-2)31(35)32(29)37/h19,21-24,30,37H,4-18,20H2,1-3H3,(H,36,38). The number of amides is 1. The first-order valence-corrected chi connectivity index (χ1v) is 15.9. The van der Waals surface area contributed by atoms with Gasteiger partial charge in [0.05, 0.1) is 10.7 Å². The highest BCUT2D eigenvalue weighted by Crippen LogP contribution is 2.39. The molecule has 1 unspecified atom stereocenters. The van der Waals surface area contributed by atoms with E-state index >= 15 is 0 Å². The van der Waals surface area contributed by atoms with Gasteiger partial charge in [-0.15, -0.1) is 0 Å². The number of benzene rings is 2. The molecule has 0 saturated heterocycles. The third-order valence-electron chi connectivity index (χ3n) is 7.31. The Kier molecular flexibility index (Phi) is 16.4. The Hall–Kier alpha value is -1.91. The summed E-state index contributed by atoms with van der Waals surface area (Å²) in [5.41, 5.74) is 2.06. The molecule has 0 spiro atoms. The molecule has 2 N–H and O–H groups in total. The number of carbonyl (C=O) groups is 1. The van der Waals surface area contributed by atoms with Crippen molar-refractivity contribution in [3.63, 3.8) is 0 Å². The normalized spacial score (nSPS) is 11.9. The van der Waals surface area contributed by atoms with E-state index in [0.717, 1.165) is 12.8 Å². The van der Waals surface area contributed by atoms with Crippen LogP contribution in [0.1, 0.15) is 122 Å². The van der Waals surface area contributed by atoms with Gasteiger partial charge in [-0.05, 0) is 55.0 Å². The van der Waals surface area contributed by atoms with E-state index in [1.807, 2.05) is 32.0 Å². The maximum absolute atomic E-state index is 12.9. The number of phenolic OH excluding ortho intramolecular Hbond substituents is 1. The molecule has 39 heavy (non-hydrogen) atoms. The summed E-state index contributed by atoms with van der Waals surface area (Å²) in [6.07, 6.45) is 18.9. The lowest BCUT2D eigenvalue weighted by Crippen LogP contribution is -2.32. The molecule has 6 heteroatoms. The Morgan fingerprint density at radius 1 is 0.872 bits per heavy atom. The van der Waals surface area contributed by atoms with Crippen molar-refractivity contribution >= 4 is 34.8 Å². The van der Waals surface area contributed by atoms with Crippen LogP contribution in [-0.4, -0.2) is 17.1 Å². The Morgan fingerprint density at radius 2 is 1.46 bits per heavy atom. The SMILES string of the molecule is CCCCCCCCCCCCCCCc1cccc(OC(CC)C(=O)Nc2cc(Cl)c(CC)c(Cl)c2O)c1. The van der Waals surface area contributed by atoms with Gasteiger partial charge in [0.2, 0.25) is 0 Å². The van der Waals surface area contributed by atoms with Crippen LogP contribution in [0.3, 0.4) is 0 Å². The van der Waals surface area contributed by atoms with Crippen LogP contribution < -0.4 is 10.1 Å². The highest BCUT2D eigenvalue weighted by Gasteiger charge is 2.22. The van der Waals surface area contributed by atoms with Crippen molar-refractivity contribution in [2.75, 3.05) is 5.32 Å². The van der Waals surface area contributed by atoms with E-state index < -0.39 is 6.10 Å². The summed E-state index contributed by atoms with van der Waals surface area (Å²) in [7, 11) is 0. The van der Waals surface area contributed by atoms with Gasteiger partial charge in [0.25, 0.3) is 5.91 Å². The van der Waals surface area contributed by atoms with Crippen LogP contribution in [0.25, 0.3) is 0 Å². The first-order chi connectivity index (χ1) is 18.9. The summed E-state index contributed by atoms with van der Waals surface area (Å²) in [5.74, 6) is 0.137. The summed E-state index contributed by atoms with van der Waals surface area (Å²) < 4.78 is 6.04. The molecule has 0 radical (unpaired) electrons. The van der Waals surface area contributed by atoms with E-state index in [0.29, 0.717) is 29.2 Å².